The number of nitrogens with zero attached hydrogens (tertiary/aromatic N) is 1. The minimum atomic E-state index is -4.07. The van der Waals surface area contributed by atoms with Crippen molar-refractivity contribution in [3.63, 3.8) is 0 Å². The highest BCUT2D eigenvalue weighted by Crippen LogP contribution is 2.67. The largest absolute Gasteiger partial charge is 0.472 e. The van der Waals surface area contributed by atoms with Crippen LogP contribution in [0.25, 0.3) is 0 Å². The fourth-order valence-corrected chi connectivity index (χ4v) is 12.3. The zero-order chi connectivity index (χ0) is 44.0. The van der Waals surface area contributed by atoms with Crippen molar-refractivity contribution in [1.29, 1.82) is 0 Å². The Morgan fingerprint density at radius 3 is 2.13 bits per heavy atom. The Hall–Kier alpha value is -1.82. The lowest BCUT2D eigenvalue weighted by Gasteiger charge is -2.58. The Labute approximate surface area is 364 Å². The molecule has 0 saturated heterocycles. The van der Waals surface area contributed by atoms with E-state index >= 15 is 0 Å². The van der Waals surface area contributed by atoms with Crippen LogP contribution in [-0.4, -0.2) is 100 Å². The quantitative estimate of drug-likeness (QED) is 0.0242. The second-order valence-corrected chi connectivity index (χ2v) is 22.5. The summed E-state index contributed by atoms with van der Waals surface area (Å²) in [5, 5.41) is 12.3. The molecule has 0 aromatic heterocycles. The van der Waals surface area contributed by atoms with Gasteiger partial charge in [0.05, 0.1) is 27.7 Å². The van der Waals surface area contributed by atoms with Crippen molar-refractivity contribution in [2.45, 2.75) is 156 Å². The lowest BCUT2D eigenvalue weighted by molar-refractivity contribution is -0.870. The first-order chi connectivity index (χ1) is 28.3. The number of phosphoric ester groups is 1. The molecule has 12 nitrogen and oxygen atoms in total. The minimum Gasteiger partial charge on any atom is -0.356 e. The smallest absolute Gasteiger partial charge is 0.356 e. The van der Waals surface area contributed by atoms with Crippen molar-refractivity contribution in [2.75, 3.05) is 67.1 Å². The van der Waals surface area contributed by atoms with E-state index in [1.54, 1.807) is 5.57 Å². The average molecular weight is 865 g/mol. The molecule has 0 radical (unpaired) electrons. The van der Waals surface area contributed by atoms with Gasteiger partial charge in [-0.1, -0.05) is 72.0 Å². The number of allylic oxidation sites excluding steroid dienone is 1. The van der Waals surface area contributed by atoms with Crippen LogP contribution in [0.1, 0.15) is 150 Å². The number of fused-ring (bicyclic) bond motifs is 5. The number of carbonyl (C=O) groups excluding carboxylic acids is 3. The Bertz CT molecular complexity index is 1450. The van der Waals surface area contributed by atoms with Gasteiger partial charge in [0.25, 0.3) is 0 Å². The van der Waals surface area contributed by atoms with E-state index in [4.69, 9.17) is 9.05 Å². The number of carbonyl (C=O) groups is 3. The number of nitrogens with one attached hydrogen (secondary N) is 4. The molecular weight excluding hydrogens is 778 g/mol. The van der Waals surface area contributed by atoms with E-state index in [0.717, 1.165) is 54.9 Å². The predicted octanol–water partition coefficient (Wildman–Crippen LogP) is 7.91. The van der Waals surface area contributed by atoms with Gasteiger partial charge in [0.15, 0.2) is 0 Å². The molecule has 4 aliphatic carbocycles. The highest BCUT2D eigenvalue weighted by molar-refractivity contribution is 7.47. The number of amides is 3. The lowest BCUT2D eigenvalue weighted by atomic mass is 9.47. The second kappa shape index (κ2) is 23.7. The first-order valence-electron chi connectivity index (χ1n) is 24.0. The molecule has 5 unspecified atom stereocenters. The highest BCUT2D eigenvalue weighted by Gasteiger charge is 2.59. The van der Waals surface area contributed by atoms with Crippen molar-refractivity contribution in [3.05, 3.63) is 11.6 Å². The van der Waals surface area contributed by atoms with Crippen molar-refractivity contribution in [1.82, 2.24) is 21.3 Å². The van der Waals surface area contributed by atoms with Crippen LogP contribution in [-0.2, 0) is 28.0 Å². The van der Waals surface area contributed by atoms with E-state index < -0.39 is 7.82 Å². The molecule has 4 aliphatic rings. The number of phosphoric acid groups is 1. The summed E-state index contributed by atoms with van der Waals surface area (Å²) in [6.45, 7) is 15.4. The predicted molar refractivity (Wildman–Crippen MR) is 241 cm³/mol. The molecular formula is C47H87N5O7P+. The van der Waals surface area contributed by atoms with Crippen LogP contribution in [0.2, 0.25) is 0 Å². The van der Waals surface area contributed by atoms with Gasteiger partial charge in [-0.3, -0.25) is 23.4 Å². The molecule has 9 atom stereocenters. The molecule has 3 fully saturated rings. The standard InChI is InChI=1S/C47H86N5O7P/c1-35(2)14-12-15-36(3)40-19-20-41-39-18-17-37-34-38(21-25-46(37,4)42(39)22-26-47(40,41)5)48-27-13-28-49-44(54)23-30-51-45(55)24-29-50-43(53)16-10-9-11-32-58-60(56,57)59-33-31-52(6,7)8/h17,35-36,38-42,48H,9-16,18-34H2,1-8H3,(H3-,49,50,51,53,54,55,56,57)/p+1/t36-,38+,39+,40?,41+,42?,46?,47?/m1/s1. The molecule has 0 heterocycles. The molecule has 4 rings (SSSR count). The fraction of sp³-hybridized carbons (Fsp3) is 0.894. The van der Waals surface area contributed by atoms with Gasteiger partial charge in [-0.05, 0) is 124 Å². The van der Waals surface area contributed by atoms with Gasteiger partial charge < -0.3 is 30.6 Å². The molecule has 346 valence electrons. The number of unbranched alkanes of at least 4 members (excludes halogenated alkanes) is 2. The summed E-state index contributed by atoms with van der Waals surface area (Å²) in [5.74, 6) is 4.75. The molecule has 60 heavy (non-hydrogen) atoms. The Morgan fingerprint density at radius 1 is 0.783 bits per heavy atom. The molecule has 0 aliphatic heterocycles. The third-order valence-electron chi connectivity index (χ3n) is 15.1. The van der Waals surface area contributed by atoms with Gasteiger partial charge in [-0.2, -0.15) is 0 Å². The van der Waals surface area contributed by atoms with Gasteiger partial charge in [0, 0.05) is 44.9 Å². The Morgan fingerprint density at radius 2 is 1.45 bits per heavy atom. The first-order valence-corrected chi connectivity index (χ1v) is 25.5. The Balaban J connectivity index is 1.00. The third kappa shape index (κ3) is 15.8. The maximum atomic E-state index is 12.4. The van der Waals surface area contributed by atoms with Crippen LogP contribution >= 0.6 is 7.82 Å². The van der Waals surface area contributed by atoms with E-state index in [2.05, 4.69) is 62.0 Å². The normalized spacial score (nSPS) is 29.1. The van der Waals surface area contributed by atoms with Gasteiger partial charge in [0.1, 0.15) is 13.2 Å². The maximum absolute atomic E-state index is 12.4. The average Bonchev–Trinajstić information content (AvgIpc) is 3.52. The first kappa shape index (κ1) is 50.8. The van der Waals surface area contributed by atoms with Crippen LogP contribution in [0.4, 0.5) is 0 Å². The molecule has 0 aromatic rings. The van der Waals surface area contributed by atoms with E-state index in [1.165, 1.54) is 64.2 Å². The summed E-state index contributed by atoms with van der Waals surface area (Å²) in [5.41, 5.74) is 2.61. The van der Waals surface area contributed by atoms with Crippen molar-refractivity contribution in [2.24, 2.45) is 46.3 Å². The van der Waals surface area contributed by atoms with E-state index in [-0.39, 0.29) is 56.9 Å². The molecule has 3 amide bonds. The van der Waals surface area contributed by atoms with Crippen molar-refractivity contribution >= 4 is 25.5 Å². The second-order valence-electron chi connectivity index (χ2n) is 21.0. The van der Waals surface area contributed by atoms with Crippen LogP contribution in [0.5, 0.6) is 0 Å². The molecule has 0 aromatic carbocycles. The van der Waals surface area contributed by atoms with Crippen LogP contribution in [0.3, 0.4) is 0 Å². The van der Waals surface area contributed by atoms with Gasteiger partial charge in [0.2, 0.25) is 17.7 Å². The highest BCUT2D eigenvalue weighted by atomic mass is 31.2. The number of hydrogen-bond acceptors (Lipinski definition) is 7. The summed E-state index contributed by atoms with van der Waals surface area (Å²) in [6.07, 6.45) is 20.9. The summed E-state index contributed by atoms with van der Waals surface area (Å²) < 4.78 is 22.5. The van der Waals surface area contributed by atoms with Gasteiger partial charge in [-0.15, -0.1) is 0 Å². The van der Waals surface area contributed by atoms with Gasteiger partial charge >= 0.3 is 7.82 Å². The fourth-order valence-electron chi connectivity index (χ4n) is 11.6. The number of hydrogen-bond donors (Lipinski definition) is 5. The molecule has 5 N–H and O–H groups in total. The molecule has 3 saturated carbocycles. The monoisotopic (exact) mass is 865 g/mol. The molecule has 0 bridgehead atoms. The van der Waals surface area contributed by atoms with Crippen LogP contribution < -0.4 is 21.3 Å². The van der Waals surface area contributed by atoms with Crippen molar-refractivity contribution < 1.29 is 37.4 Å². The lowest BCUT2D eigenvalue weighted by Crippen LogP contribution is -2.51. The van der Waals surface area contributed by atoms with Crippen molar-refractivity contribution in [3.8, 4) is 0 Å². The van der Waals surface area contributed by atoms with E-state index in [0.29, 0.717) is 60.1 Å². The summed E-state index contributed by atoms with van der Waals surface area (Å²) in [7, 11) is 1.83. The summed E-state index contributed by atoms with van der Waals surface area (Å²) in [6, 6.07) is 0.511. The third-order valence-corrected chi connectivity index (χ3v) is 16.1. The number of rotatable bonds is 27. The minimum absolute atomic E-state index is 0.0729. The summed E-state index contributed by atoms with van der Waals surface area (Å²) >= 11 is 0. The zero-order valence-corrected chi connectivity index (χ0v) is 40.0. The van der Waals surface area contributed by atoms with Crippen LogP contribution in [0, 0.1) is 46.3 Å². The van der Waals surface area contributed by atoms with Crippen LogP contribution in [0.15, 0.2) is 11.6 Å². The summed E-state index contributed by atoms with van der Waals surface area (Å²) in [4.78, 5) is 46.5. The number of quaternary nitrogens is 1. The maximum Gasteiger partial charge on any atom is 0.472 e. The van der Waals surface area contributed by atoms with E-state index in [1.807, 2.05) is 21.1 Å². The number of likely N-dealkylation sites (N-methyl/N-ethyl adjacent to an activating group) is 1. The Kier molecular flexibility index (Phi) is 20.1. The topological polar surface area (TPSA) is 155 Å². The van der Waals surface area contributed by atoms with Gasteiger partial charge in [-0.25, -0.2) is 4.57 Å². The van der Waals surface area contributed by atoms with E-state index in [9.17, 15) is 23.8 Å². The molecule has 0 spiro atoms. The molecule has 13 heteroatoms. The SMILES string of the molecule is CC(C)CCC[C@@H](C)C1CC[C@H]2[C@@H]3CC=C4C[C@@H](NCCCNC(=O)CCNC(=O)CCNC(=O)CCCCCOP(=O)(O)OCC[N+](C)(C)C)CCC4(C)C3CCC12C. The zero-order valence-electron chi connectivity index (χ0n) is 39.1.